The summed E-state index contributed by atoms with van der Waals surface area (Å²) >= 11 is 0. The minimum Gasteiger partial charge on any atom is -0.497 e. The van der Waals surface area contributed by atoms with Gasteiger partial charge in [-0.25, -0.2) is 0 Å². The van der Waals surface area contributed by atoms with Crippen molar-refractivity contribution in [3.05, 3.63) is 66.2 Å². The van der Waals surface area contributed by atoms with E-state index >= 15 is 0 Å². The van der Waals surface area contributed by atoms with Crippen LogP contribution >= 0.6 is 0 Å². The van der Waals surface area contributed by atoms with Crippen molar-refractivity contribution < 1.29 is 9.53 Å². The van der Waals surface area contributed by atoms with Crippen molar-refractivity contribution in [3.8, 4) is 5.75 Å². The zero-order chi connectivity index (χ0) is 18.4. The molecule has 0 aliphatic carbocycles. The standard InChI is InChI=1S/C19H19N5O2/c1-20-16-12-17(21-14-6-4-3-5-7-14)23-19(22-16)24-18(25)13-8-10-15(26-2)11-9-13/h3-12H,1-2H3,(H3,20,21,22,23,24,25). The molecule has 0 fully saturated rings. The number of benzene rings is 2. The zero-order valence-corrected chi connectivity index (χ0v) is 14.5. The maximum atomic E-state index is 12.4. The van der Waals surface area contributed by atoms with Gasteiger partial charge in [-0.3, -0.25) is 10.1 Å². The van der Waals surface area contributed by atoms with Crippen LogP contribution in [0, 0.1) is 0 Å². The Morgan fingerprint density at radius 3 is 2.31 bits per heavy atom. The highest BCUT2D eigenvalue weighted by Crippen LogP contribution is 2.19. The number of nitrogens with one attached hydrogen (secondary N) is 3. The second-order valence-corrected chi connectivity index (χ2v) is 5.39. The van der Waals surface area contributed by atoms with Gasteiger partial charge in [-0.05, 0) is 36.4 Å². The summed E-state index contributed by atoms with van der Waals surface area (Å²) in [5.74, 6) is 1.75. The first kappa shape index (κ1) is 17.2. The molecule has 132 valence electrons. The molecule has 2 aromatic carbocycles. The highest BCUT2D eigenvalue weighted by Gasteiger charge is 2.10. The quantitative estimate of drug-likeness (QED) is 0.631. The fraction of sp³-hybridized carbons (Fsp3) is 0.105. The van der Waals surface area contributed by atoms with E-state index in [-0.39, 0.29) is 11.9 Å². The number of carbonyl (C=O) groups is 1. The van der Waals surface area contributed by atoms with Crippen molar-refractivity contribution in [2.45, 2.75) is 0 Å². The van der Waals surface area contributed by atoms with E-state index in [0.717, 1.165) is 5.69 Å². The van der Waals surface area contributed by atoms with Gasteiger partial charge in [0.25, 0.3) is 5.91 Å². The fourth-order valence-electron chi connectivity index (χ4n) is 2.28. The van der Waals surface area contributed by atoms with Crippen molar-refractivity contribution in [3.63, 3.8) is 0 Å². The third kappa shape index (κ3) is 4.27. The molecule has 7 nitrogen and oxygen atoms in total. The van der Waals surface area contributed by atoms with Crippen LogP contribution in [0.1, 0.15) is 10.4 Å². The van der Waals surface area contributed by atoms with Crippen LogP contribution in [0.3, 0.4) is 0 Å². The van der Waals surface area contributed by atoms with Gasteiger partial charge < -0.3 is 15.4 Å². The first-order chi connectivity index (χ1) is 12.7. The summed E-state index contributed by atoms with van der Waals surface area (Å²) in [4.78, 5) is 21.0. The topological polar surface area (TPSA) is 88.2 Å². The van der Waals surface area contributed by atoms with Crippen LogP contribution in [-0.4, -0.2) is 30.0 Å². The predicted molar refractivity (Wildman–Crippen MR) is 102 cm³/mol. The zero-order valence-electron chi connectivity index (χ0n) is 14.5. The fourth-order valence-corrected chi connectivity index (χ4v) is 2.28. The van der Waals surface area contributed by atoms with E-state index in [4.69, 9.17) is 4.74 Å². The Kier molecular flexibility index (Phi) is 5.28. The van der Waals surface area contributed by atoms with Gasteiger partial charge in [0.1, 0.15) is 17.4 Å². The van der Waals surface area contributed by atoms with Crippen LogP contribution in [0.15, 0.2) is 60.7 Å². The van der Waals surface area contributed by atoms with Gasteiger partial charge in [-0.15, -0.1) is 0 Å². The largest absolute Gasteiger partial charge is 0.497 e. The van der Waals surface area contributed by atoms with Crippen molar-refractivity contribution in [1.82, 2.24) is 9.97 Å². The van der Waals surface area contributed by atoms with Crippen LogP contribution in [0.2, 0.25) is 0 Å². The Morgan fingerprint density at radius 2 is 1.65 bits per heavy atom. The Bertz CT molecular complexity index is 882. The molecule has 0 radical (unpaired) electrons. The van der Waals surface area contributed by atoms with E-state index in [1.54, 1.807) is 44.5 Å². The smallest absolute Gasteiger partial charge is 0.258 e. The molecule has 3 N–H and O–H groups in total. The van der Waals surface area contributed by atoms with Gasteiger partial charge in [0.05, 0.1) is 7.11 Å². The second-order valence-electron chi connectivity index (χ2n) is 5.39. The normalized spacial score (nSPS) is 10.1. The lowest BCUT2D eigenvalue weighted by Gasteiger charge is -2.10. The third-order valence-corrected chi connectivity index (χ3v) is 3.61. The molecular weight excluding hydrogens is 330 g/mol. The molecule has 3 rings (SSSR count). The lowest BCUT2D eigenvalue weighted by Crippen LogP contribution is -2.15. The lowest BCUT2D eigenvalue weighted by atomic mass is 10.2. The number of hydrogen-bond acceptors (Lipinski definition) is 6. The molecule has 26 heavy (non-hydrogen) atoms. The molecule has 7 heteroatoms. The Labute approximate surface area is 151 Å². The molecule has 1 amide bonds. The van der Waals surface area contributed by atoms with Crippen LogP contribution in [-0.2, 0) is 0 Å². The summed E-state index contributed by atoms with van der Waals surface area (Å²) in [6.07, 6.45) is 0. The highest BCUT2D eigenvalue weighted by atomic mass is 16.5. The molecule has 1 aromatic heterocycles. The molecule has 1 heterocycles. The van der Waals surface area contributed by atoms with Crippen molar-refractivity contribution in [1.29, 1.82) is 0 Å². The number of para-hydroxylation sites is 1. The predicted octanol–water partition coefficient (Wildman–Crippen LogP) is 3.52. The van der Waals surface area contributed by atoms with Crippen LogP contribution in [0.4, 0.5) is 23.3 Å². The molecule has 0 saturated heterocycles. The van der Waals surface area contributed by atoms with E-state index in [1.807, 2.05) is 30.3 Å². The van der Waals surface area contributed by atoms with E-state index in [2.05, 4.69) is 25.9 Å². The molecular formula is C19H19N5O2. The van der Waals surface area contributed by atoms with Crippen LogP contribution < -0.4 is 20.7 Å². The Hall–Kier alpha value is -3.61. The number of hydrogen-bond donors (Lipinski definition) is 3. The second kappa shape index (κ2) is 7.98. The minimum atomic E-state index is -0.299. The third-order valence-electron chi connectivity index (χ3n) is 3.61. The average molecular weight is 349 g/mol. The van der Waals surface area contributed by atoms with E-state index in [1.165, 1.54) is 0 Å². The molecule has 0 aliphatic rings. The van der Waals surface area contributed by atoms with Gasteiger partial charge in [-0.1, -0.05) is 18.2 Å². The number of nitrogens with zero attached hydrogens (tertiary/aromatic N) is 2. The van der Waals surface area contributed by atoms with Gasteiger partial charge in [0.15, 0.2) is 0 Å². The molecule has 0 bridgehead atoms. The van der Waals surface area contributed by atoms with Gasteiger partial charge in [0.2, 0.25) is 5.95 Å². The highest BCUT2D eigenvalue weighted by molar-refractivity contribution is 6.03. The average Bonchev–Trinajstić information content (AvgIpc) is 2.68. The summed E-state index contributed by atoms with van der Waals surface area (Å²) in [7, 11) is 3.33. The monoisotopic (exact) mass is 349 g/mol. The number of rotatable bonds is 6. The number of methoxy groups -OCH3 is 1. The molecule has 0 aliphatic heterocycles. The van der Waals surface area contributed by atoms with E-state index < -0.39 is 0 Å². The first-order valence-corrected chi connectivity index (χ1v) is 8.02. The number of carbonyl (C=O) groups excluding carboxylic acids is 1. The van der Waals surface area contributed by atoms with Crippen molar-refractivity contribution in [2.75, 3.05) is 30.1 Å². The summed E-state index contributed by atoms with van der Waals surface area (Å²) in [5.41, 5.74) is 1.38. The molecule has 0 atom stereocenters. The van der Waals surface area contributed by atoms with Crippen molar-refractivity contribution >= 4 is 29.2 Å². The number of anilines is 4. The summed E-state index contributed by atoms with van der Waals surface area (Å²) < 4.78 is 5.10. The maximum absolute atomic E-state index is 12.4. The molecule has 0 saturated carbocycles. The molecule has 3 aromatic rings. The van der Waals surface area contributed by atoms with E-state index in [9.17, 15) is 4.79 Å². The number of aromatic nitrogens is 2. The summed E-state index contributed by atoms with van der Waals surface area (Å²) in [6, 6.07) is 18.2. The lowest BCUT2D eigenvalue weighted by molar-refractivity contribution is 0.102. The molecule has 0 spiro atoms. The Balaban J connectivity index is 1.79. The summed E-state index contributed by atoms with van der Waals surface area (Å²) in [5, 5.41) is 8.87. The van der Waals surface area contributed by atoms with Gasteiger partial charge in [0, 0.05) is 24.4 Å². The van der Waals surface area contributed by atoms with E-state index in [0.29, 0.717) is 22.9 Å². The van der Waals surface area contributed by atoms with Crippen LogP contribution in [0.5, 0.6) is 5.75 Å². The Morgan fingerprint density at radius 1 is 0.962 bits per heavy atom. The SMILES string of the molecule is CNc1cc(Nc2ccccc2)nc(NC(=O)c2ccc(OC)cc2)n1. The van der Waals surface area contributed by atoms with Crippen LogP contribution in [0.25, 0.3) is 0 Å². The minimum absolute atomic E-state index is 0.205. The molecule has 0 unspecified atom stereocenters. The maximum Gasteiger partial charge on any atom is 0.258 e. The van der Waals surface area contributed by atoms with Gasteiger partial charge >= 0.3 is 0 Å². The first-order valence-electron chi connectivity index (χ1n) is 8.02. The van der Waals surface area contributed by atoms with Gasteiger partial charge in [-0.2, -0.15) is 9.97 Å². The summed E-state index contributed by atoms with van der Waals surface area (Å²) in [6.45, 7) is 0. The number of amides is 1. The van der Waals surface area contributed by atoms with Crippen molar-refractivity contribution in [2.24, 2.45) is 0 Å². The number of ether oxygens (including phenoxy) is 1.